The zero-order chi connectivity index (χ0) is 22.3. The second-order valence-electron chi connectivity index (χ2n) is 8.25. The third kappa shape index (κ3) is 5.38. The van der Waals surface area contributed by atoms with Gasteiger partial charge in [-0.05, 0) is 42.2 Å². The highest BCUT2D eigenvalue weighted by molar-refractivity contribution is 6.34. The first-order chi connectivity index (χ1) is 15.6. The quantitative estimate of drug-likeness (QED) is 0.475. The van der Waals surface area contributed by atoms with Gasteiger partial charge in [-0.3, -0.25) is 9.59 Å². The van der Waals surface area contributed by atoms with E-state index in [1.165, 1.54) is 6.42 Å². The van der Waals surface area contributed by atoms with Crippen LogP contribution < -0.4 is 10.6 Å². The van der Waals surface area contributed by atoms with Crippen molar-refractivity contribution in [3.8, 4) is 0 Å². The molecule has 1 saturated carbocycles. The number of carbonyl (C=O) groups excluding carboxylic acids is 2. The van der Waals surface area contributed by atoms with Crippen LogP contribution in [0.2, 0.25) is 5.02 Å². The molecular weight excluding hydrogens is 420 g/mol. The summed E-state index contributed by atoms with van der Waals surface area (Å²) in [5, 5.41) is 6.46. The second kappa shape index (κ2) is 10.5. The van der Waals surface area contributed by atoms with Crippen LogP contribution >= 0.6 is 11.6 Å². The number of hydrogen-bond acceptors (Lipinski definition) is 2. The summed E-state index contributed by atoms with van der Waals surface area (Å²) in [6, 6.07) is 24.6. The van der Waals surface area contributed by atoms with Crippen molar-refractivity contribution >= 4 is 29.1 Å². The Bertz CT molecular complexity index is 1020. The van der Waals surface area contributed by atoms with Gasteiger partial charge in [0, 0.05) is 11.7 Å². The zero-order valence-electron chi connectivity index (χ0n) is 17.9. The van der Waals surface area contributed by atoms with Gasteiger partial charge in [-0.15, -0.1) is 0 Å². The molecule has 0 bridgehead atoms. The van der Waals surface area contributed by atoms with Gasteiger partial charge in [-0.25, -0.2) is 0 Å². The van der Waals surface area contributed by atoms with Gasteiger partial charge < -0.3 is 10.6 Å². The van der Waals surface area contributed by atoms with Crippen LogP contribution in [0, 0.1) is 0 Å². The number of nitrogens with one attached hydrogen (secondary N) is 2. The molecule has 1 aliphatic rings. The molecule has 1 fully saturated rings. The van der Waals surface area contributed by atoms with E-state index in [9.17, 15) is 9.59 Å². The van der Waals surface area contributed by atoms with Gasteiger partial charge in [0.25, 0.3) is 5.91 Å². The normalized spacial score (nSPS) is 14.2. The lowest BCUT2D eigenvalue weighted by atomic mass is 9.90. The second-order valence-corrected chi connectivity index (χ2v) is 8.65. The molecule has 0 unspecified atom stereocenters. The monoisotopic (exact) mass is 446 g/mol. The van der Waals surface area contributed by atoms with Crippen molar-refractivity contribution in [3.63, 3.8) is 0 Å². The fourth-order valence-electron chi connectivity index (χ4n) is 4.29. The average Bonchev–Trinajstić information content (AvgIpc) is 2.82. The molecule has 2 N–H and O–H groups in total. The SMILES string of the molecule is O=C(NC1CCCCC1)c1cc(NC(=O)C(c2ccccc2)c2ccccc2)ccc1Cl. The highest BCUT2D eigenvalue weighted by atomic mass is 35.5. The van der Waals surface area contributed by atoms with Gasteiger partial charge in [0.05, 0.1) is 16.5 Å². The Morgan fingerprint density at radius 1 is 0.812 bits per heavy atom. The Balaban J connectivity index is 1.55. The van der Waals surface area contributed by atoms with Crippen LogP contribution in [0.3, 0.4) is 0 Å². The molecule has 2 amide bonds. The predicted octanol–water partition coefficient (Wildman–Crippen LogP) is 6.17. The van der Waals surface area contributed by atoms with Gasteiger partial charge in [0.15, 0.2) is 0 Å². The van der Waals surface area contributed by atoms with Gasteiger partial charge >= 0.3 is 0 Å². The molecule has 1 aliphatic carbocycles. The van der Waals surface area contributed by atoms with Crippen LogP contribution in [-0.4, -0.2) is 17.9 Å². The lowest BCUT2D eigenvalue weighted by Crippen LogP contribution is -2.36. The van der Waals surface area contributed by atoms with E-state index in [0.717, 1.165) is 36.8 Å². The molecule has 32 heavy (non-hydrogen) atoms. The van der Waals surface area contributed by atoms with E-state index in [-0.39, 0.29) is 17.9 Å². The summed E-state index contributed by atoms with van der Waals surface area (Å²) in [4.78, 5) is 26.2. The highest BCUT2D eigenvalue weighted by Gasteiger charge is 2.24. The first-order valence-electron chi connectivity index (χ1n) is 11.1. The predicted molar refractivity (Wildman–Crippen MR) is 129 cm³/mol. The number of carbonyl (C=O) groups is 2. The van der Waals surface area contributed by atoms with Crippen LogP contribution in [-0.2, 0) is 4.79 Å². The minimum absolute atomic E-state index is 0.164. The molecular formula is C27H27ClN2O2. The molecule has 0 heterocycles. The van der Waals surface area contributed by atoms with E-state index in [1.807, 2.05) is 60.7 Å². The summed E-state index contributed by atoms with van der Waals surface area (Å²) >= 11 is 6.33. The third-order valence-corrected chi connectivity index (χ3v) is 6.28. The molecule has 164 valence electrons. The molecule has 3 aromatic carbocycles. The van der Waals surface area contributed by atoms with Crippen LogP contribution in [0.25, 0.3) is 0 Å². The van der Waals surface area contributed by atoms with Crippen molar-refractivity contribution in [3.05, 3.63) is 101 Å². The standard InChI is InChI=1S/C27H27ClN2O2/c28-24-17-16-22(18-23(24)26(31)29-21-14-8-3-9-15-21)30-27(32)25(19-10-4-1-5-11-19)20-12-6-2-7-13-20/h1-2,4-7,10-13,16-18,21,25H,3,8-9,14-15H2,(H,29,31)(H,30,32). The number of anilines is 1. The summed E-state index contributed by atoms with van der Waals surface area (Å²) in [6.07, 6.45) is 5.48. The minimum Gasteiger partial charge on any atom is -0.349 e. The number of benzene rings is 3. The summed E-state index contributed by atoms with van der Waals surface area (Å²) in [6.45, 7) is 0. The van der Waals surface area contributed by atoms with E-state index in [4.69, 9.17) is 11.6 Å². The largest absolute Gasteiger partial charge is 0.349 e. The first-order valence-corrected chi connectivity index (χ1v) is 11.5. The van der Waals surface area contributed by atoms with Crippen LogP contribution in [0.5, 0.6) is 0 Å². The molecule has 0 atom stereocenters. The molecule has 0 saturated heterocycles. The Hall–Kier alpha value is -3.11. The summed E-state index contributed by atoms with van der Waals surface area (Å²) in [5.41, 5.74) is 2.73. The Kier molecular flexibility index (Phi) is 7.23. The lowest BCUT2D eigenvalue weighted by Gasteiger charge is -2.23. The van der Waals surface area contributed by atoms with Crippen molar-refractivity contribution in [1.29, 1.82) is 0 Å². The number of amides is 2. The van der Waals surface area contributed by atoms with Crippen molar-refractivity contribution in [2.75, 3.05) is 5.32 Å². The minimum atomic E-state index is -0.465. The molecule has 0 spiro atoms. The average molecular weight is 447 g/mol. The van der Waals surface area contributed by atoms with Gasteiger partial charge in [0.1, 0.15) is 0 Å². The van der Waals surface area contributed by atoms with E-state index >= 15 is 0 Å². The van der Waals surface area contributed by atoms with Gasteiger partial charge in [-0.1, -0.05) is 91.5 Å². The lowest BCUT2D eigenvalue weighted by molar-refractivity contribution is -0.116. The Morgan fingerprint density at radius 2 is 1.41 bits per heavy atom. The van der Waals surface area contributed by atoms with Crippen LogP contribution in [0.4, 0.5) is 5.69 Å². The topological polar surface area (TPSA) is 58.2 Å². The highest BCUT2D eigenvalue weighted by Crippen LogP contribution is 2.28. The maximum atomic E-state index is 13.4. The summed E-state index contributed by atoms with van der Waals surface area (Å²) < 4.78 is 0. The number of halogens is 1. The molecule has 3 aromatic rings. The maximum Gasteiger partial charge on any atom is 0.253 e. The van der Waals surface area contributed by atoms with Crippen molar-refractivity contribution in [2.24, 2.45) is 0 Å². The summed E-state index contributed by atoms with van der Waals surface area (Å²) in [7, 11) is 0. The molecule has 0 radical (unpaired) electrons. The smallest absolute Gasteiger partial charge is 0.253 e. The van der Waals surface area contributed by atoms with Crippen molar-refractivity contribution in [2.45, 2.75) is 44.1 Å². The number of hydrogen-bond donors (Lipinski definition) is 2. The molecule has 4 nitrogen and oxygen atoms in total. The fourth-order valence-corrected chi connectivity index (χ4v) is 4.49. The molecule has 0 aromatic heterocycles. The summed E-state index contributed by atoms with van der Waals surface area (Å²) in [5.74, 6) is -0.823. The van der Waals surface area contributed by atoms with Crippen molar-refractivity contribution < 1.29 is 9.59 Å². The third-order valence-electron chi connectivity index (χ3n) is 5.95. The van der Waals surface area contributed by atoms with Crippen LogP contribution in [0.15, 0.2) is 78.9 Å². The first kappa shape index (κ1) is 22.1. The van der Waals surface area contributed by atoms with E-state index in [2.05, 4.69) is 10.6 Å². The maximum absolute atomic E-state index is 13.4. The Morgan fingerprint density at radius 3 is 2.00 bits per heavy atom. The van der Waals surface area contributed by atoms with Crippen molar-refractivity contribution in [1.82, 2.24) is 5.32 Å². The van der Waals surface area contributed by atoms with E-state index in [0.29, 0.717) is 16.3 Å². The molecule has 0 aliphatic heterocycles. The van der Waals surface area contributed by atoms with Gasteiger partial charge in [0.2, 0.25) is 5.91 Å². The van der Waals surface area contributed by atoms with E-state index < -0.39 is 5.92 Å². The molecule has 5 heteroatoms. The van der Waals surface area contributed by atoms with Crippen LogP contribution in [0.1, 0.15) is 59.5 Å². The fraction of sp³-hybridized carbons (Fsp3) is 0.259. The Labute approximate surface area is 194 Å². The van der Waals surface area contributed by atoms with Gasteiger partial charge in [-0.2, -0.15) is 0 Å². The number of rotatable bonds is 6. The zero-order valence-corrected chi connectivity index (χ0v) is 18.6. The van der Waals surface area contributed by atoms with E-state index in [1.54, 1.807) is 18.2 Å². The molecule has 4 rings (SSSR count).